The lowest BCUT2D eigenvalue weighted by molar-refractivity contribution is -0.0631. The molecule has 0 aromatic rings. The summed E-state index contributed by atoms with van der Waals surface area (Å²) >= 11 is 0. The molecule has 122 valence electrons. The highest BCUT2D eigenvalue weighted by molar-refractivity contribution is 5.00. The highest BCUT2D eigenvalue weighted by Gasteiger charge is 2.48. The maximum absolute atomic E-state index is 5.97. The van der Waals surface area contributed by atoms with Gasteiger partial charge in [0.25, 0.3) is 0 Å². The van der Waals surface area contributed by atoms with Crippen molar-refractivity contribution in [2.24, 2.45) is 28.6 Å². The van der Waals surface area contributed by atoms with Crippen molar-refractivity contribution in [1.29, 1.82) is 0 Å². The third kappa shape index (κ3) is 3.19. The van der Waals surface area contributed by atoms with E-state index in [1.807, 2.05) is 0 Å². The van der Waals surface area contributed by atoms with Crippen LogP contribution in [0.3, 0.4) is 0 Å². The number of hydrogen-bond acceptors (Lipinski definition) is 1. The molecule has 0 N–H and O–H groups in total. The van der Waals surface area contributed by atoms with Gasteiger partial charge in [0.05, 0.1) is 6.10 Å². The maximum atomic E-state index is 5.97. The van der Waals surface area contributed by atoms with Crippen LogP contribution in [0.2, 0.25) is 0 Å². The summed E-state index contributed by atoms with van der Waals surface area (Å²) in [6, 6.07) is 0. The molecule has 0 spiro atoms. The standard InChI is InChI=1S/C20H36O/c1-15(2)18-14-17(5-12-21-18)13-16(3)20-9-6-19(4,7-10-20)8-11-20/h15-18H,5-14H2,1-4H3. The molecule has 4 aliphatic rings. The van der Waals surface area contributed by atoms with Gasteiger partial charge in [-0.3, -0.25) is 0 Å². The third-order valence-corrected chi connectivity index (χ3v) is 7.58. The zero-order valence-corrected chi connectivity index (χ0v) is 14.8. The first-order valence-electron chi connectivity index (χ1n) is 9.54. The molecule has 3 unspecified atom stereocenters. The molecule has 4 fully saturated rings. The first-order chi connectivity index (χ1) is 9.92. The molecule has 3 aliphatic carbocycles. The second-order valence-electron chi connectivity index (χ2n) is 9.35. The van der Waals surface area contributed by atoms with Crippen LogP contribution in [-0.2, 0) is 4.74 Å². The molecule has 1 nitrogen and oxygen atoms in total. The summed E-state index contributed by atoms with van der Waals surface area (Å²) in [6.45, 7) is 10.8. The Morgan fingerprint density at radius 3 is 2.19 bits per heavy atom. The van der Waals surface area contributed by atoms with Crippen LogP contribution in [-0.4, -0.2) is 12.7 Å². The molecule has 1 saturated heterocycles. The topological polar surface area (TPSA) is 9.23 Å². The molecule has 1 heterocycles. The Morgan fingerprint density at radius 1 is 1.00 bits per heavy atom. The highest BCUT2D eigenvalue weighted by atomic mass is 16.5. The maximum Gasteiger partial charge on any atom is 0.0600 e. The van der Waals surface area contributed by atoms with Gasteiger partial charge in [-0.1, -0.05) is 27.7 Å². The van der Waals surface area contributed by atoms with Crippen molar-refractivity contribution in [2.45, 2.75) is 91.6 Å². The average Bonchev–Trinajstić information content (AvgIpc) is 2.48. The van der Waals surface area contributed by atoms with Gasteiger partial charge in [-0.05, 0) is 86.4 Å². The van der Waals surface area contributed by atoms with E-state index in [1.54, 1.807) is 0 Å². The Labute approximate surface area is 132 Å². The molecule has 3 saturated carbocycles. The van der Waals surface area contributed by atoms with Gasteiger partial charge in [-0.25, -0.2) is 0 Å². The van der Waals surface area contributed by atoms with Gasteiger partial charge in [-0.15, -0.1) is 0 Å². The number of hydrogen-bond donors (Lipinski definition) is 0. The van der Waals surface area contributed by atoms with Gasteiger partial charge in [0, 0.05) is 6.61 Å². The molecule has 1 heteroatoms. The Hall–Kier alpha value is -0.0400. The molecule has 0 aromatic carbocycles. The molecule has 0 radical (unpaired) electrons. The highest BCUT2D eigenvalue weighted by Crippen LogP contribution is 2.60. The average molecular weight is 293 g/mol. The molecule has 3 atom stereocenters. The van der Waals surface area contributed by atoms with E-state index >= 15 is 0 Å². The van der Waals surface area contributed by atoms with Crippen molar-refractivity contribution in [1.82, 2.24) is 0 Å². The summed E-state index contributed by atoms with van der Waals surface area (Å²) in [5, 5.41) is 0. The minimum atomic E-state index is 0.523. The van der Waals surface area contributed by atoms with E-state index < -0.39 is 0 Å². The summed E-state index contributed by atoms with van der Waals surface area (Å²) in [6.07, 6.45) is 13.7. The van der Waals surface area contributed by atoms with E-state index in [-0.39, 0.29) is 0 Å². The fourth-order valence-corrected chi connectivity index (χ4v) is 5.47. The smallest absolute Gasteiger partial charge is 0.0600 e. The second-order valence-corrected chi connectivity index (χ2v) is 9.35. The van der Waals surface area contributed by atoms with Gasteiger partial charge in [0.1, 0.15) is 0 Å². The SMILES string of the molecule is CC(C)C1CC(CC(C)C23CCC(C)(CC2)CC3)CCO1. The van der Waals surface area contributed by atoms with E-state index in [0.717, 1.165) is 18.4 Å². The zero-order valence-electron chi connectivity index (χ0n) is 14.8. The van der Waals surface area contributed by atoms with Crippen molar-refractivity contribution < 1.29 is 4.74 Å². The van der Waals surface area contributed by atoms with Crippen LogP contribution in [0, 0.1) is 28.6 Å². The van der Waals surface area contributed by atoms with Crippen LogP contribution < -0.4 is 0 Å². The predicted molar refractivity (Wildman–Crippen MR) is 89.3 cm³/mol. The first-order valence-corrected chi connectivity index (χ1v) is 9.54. The van der Waals surface area contributed by atoms with Gasteiger partial charge in [0.15, 0.2) is 0 Å². The van der Waals surface area contributed by atoms with Crippen molar-refractivity contribution >= 4 is 0 Å². The molecular weight excluding hydrogens is 256 g/mol. The van der Waals surface area contributed by atoms with Crippen LogP contribution in [0.25, 0.3) is 0 Å². The fraction of sp³-hybridized carbons (Fsp3) is 1.00. The lowest BCUT2D eigenvalue weighted by Crippen LogP contribution is -2.44. The summed E-state index contributed by atoms with van der Waals surface area (Å²) in [5.74, 6) is 2.54. The third-order valence-electron chi connectivity index (χ3n) is 7.58. The van der Waals surface area contributed by atoms with Crippen molar-refractivity contribution in [3.05, 3.63) is 0 Å². The number of fused-ring (bicyclic) bond motifs is 3. The molecule has 0 aromatic heterocycles. The molecule has 4 rings (SSSR count). The van der Waals surface area contributed by atoms with Crippen LogP contribution in [0.1, 0.15) is 85.5 Å². The lowest BCUT2D eigenvalue weighted by atomic mass is 9.50. The summed E-state index contributed by atoms with van der Waals surface area (Å²) < 4.78 is 5.97. The Balaban J connectivity index is 1.57. The molecular formula is C20H36O. The zero-order chi connectivity index (χ0) is 15.1. The minimum Gasteiger partial charge on any atom is -0.378 e. The van der Waals surface area contributed by atoms with E-state index in [4.69, 9.17) is 4.74 Å². The fourth-order valence-electron chi connectivity index (χ4n) is 5.47. The Kier molecular flexibility index (Phi) is 4.43. The normalized spacial score (nSPS) is 45.0. The van der Waals surface area contributed by atoms with Crippen molar-refractivity contribution in [3.63, 3.8) is 0 Å². The number of ether oxygens (including phenoxy) is 1. The van der Waals surface area contributed by atoms with E-state index in [9.17, 15) is 0 Å². The van der Waals surface area contributed by atoms with Crippen LogP contribution in [0.5, 0.6) is 0 Å². The Bertz CT molecular complexity index is 334. The molecule has 0 amide bonds. The summed E-state index contributed by atoms with van der Waals surface area (Å²) in [4.78, 5) is 0. The van der Waals surface area contributed by atoms with Crippen LogP contribution >= 0.6 is 0 Å². The number of rotatable bonds is 4. The molecule has 1 aliphatic heterocycles. The van der Waals surface area contributed by atoms with Gasteiger partial charge in [0.2, 0.25) is 0 Å². The van der Waals surface area contributed by atoms with Crippen molar-refractivity contribution in [2.75, 3.05) is 6.61 Å². The second kappa shape index (κ2) is 5.87. The summed E-state index contributed by atoms with van der Waals surface area (Å²) in [7, 11) is 0. The van der Waals surface area contributed by atoms with Crippen LogP contribution in [0.4, 0.5) is 0 Å². The van der Waals surface area contributed by atoms with Gasteiger partial charge in [-0.2, -0.15) is 0 Å². The quantitative estimate of drug-likeness (QED) is 0.634. The van der Waals surface area contributed by atoms with E-state index in [2.05, 4.69) is 27.7 Å². The molecule has 2 bridgehead atoms. The van der Waals surface area contributed by atoms with Gasteiger partial charge >= 0.3 is 0 Å². The minimum absolute atomic E-state index is 0.523. The predicted octanol–water partition coefficient (Wildman–Crippen LogP) is 5.82. The van der Waals surface area contributed by atoms with Gasteiger partial charge < -0.3 is 4.74 Å². The monoisotopic (exact) mass is 292 g/mol. The van der Waals surface area contributed by atoms with E-state index in [0.29, 0.717) is 22.9 Å². The van der Waals surface area contributed by atoms with Crippen LogP contribution in [0.15, 0.2) is 0 Å². The first kappa shape index (κ1) is 15.8. The van der Waals surface area contributed by atoms with E-state index in [1.165, 1.54) is 57.8 Å². The molecule has 21 heavy (non-hydrogen) atoms. The van der Waals surface area contributed by atoms with Crippen molar-refractivity contribution in [3.8, 4) is 0 Å². The summed E-state index contributed by atoms with van der Waals surface area (Å²) in [5.41, 5.74) is 1.42. The Morgan fingerprint density at radius 2 is 1.62 bits per heavy atom. The largest absolute Gasteiger partial charge is 0.378 e. The lowest BCUT2D eigenvalue weighted by Gasteiger charge is -2.55.